The Bertz CT molecular complexity index is 1120. The van der Waals surface area contributed by atoms with E-state index in [1.165, 1.54) is 16.4 Å². The number of amides is 1. The van der Waals surface area contributed by atoms with Gasteiger partial charge in [0, 0.05) is 25.1 Å². The van der Waals surface area contributed by atoms with E-state index in [2.05, 4.69) is 10.4 Å². The molecule has 3 rings (SSSR count). The molecule has 0 saturated carbocycles. The summed E-state index contributed by atoms with van der Waals surface area (Å²) in [6.45, 7) is 4.23. The van der Waals surface area contributed by atoms with Crippen LogP contribution in [0.1, 0.15) is 42.4 Å². The van der Waals surface area contributed by atoms with Crippen LogP contribution in [-0.4, -0.2) is 54.1 Å². The maximum Gasteiger partial charge on any atom is 0.374 e. The fraction of sp³-hybridized carbons (Fsp3) is 0.500. The summed E-state index contributed by atoms with van der Waals surface area (Å²) in [4.78, 5) is 24.4. The third-order valence-electron chi connectivity index (χ3n) is 5.07. The van der Waals surface area contributed by atoms with E-state index in [1.54, 1.807) is 24.6 Å². The number of anilines is 1. The number of aromatic nitrogens is 2. The number of furan rings is 1. The van der Waals surface area contributed by atoms with Gasteiger partial charge >= 0.3 is 5.97 Å². The highest BCUT2D eigenvalue weighted by Gasteiger charge is 2.34. The number of nitriles is 1. The average molecular weight is 464 g/mol. The molecule has 11 nitrogen and oxygen atoms in total. The number of rotatable bonds is 8. The molecule has 0 aromatic carbocycles. The molecule has 2 aromatic rings. The van der Waals surface area contributed by atoms with E-state index in [4.69, 9.17) is 14.4 Å². The minimum Gasteiger partial charge on any atom is -0.460 e. The predicted octanol–water partition coefficient (Wildman–Crippen LogP) is 1.91. The number of aryl methyl sites for hydroxylation is 2. The molecule has 3 heterocycles. The van der Waals surface area contributed by atoms with Crippen molar-refractivity contribution >= 4 is 27.7 Å². The largest absolute Gasteiger partial charge is 0.460 e. The quantitative estimate of drug-likeness (QED) is 0.584. The van der Waals surface area contributed by atoms with Crippen molar-refractivity contribution in [1.29, 1.82) is 5.26 Å². The molecule has 1 amide bonds. The SMILES string of the molecule is CCOC(=O)c1ccc(S(=O)(=O)N2CCC(C(=O)Nc3cc(C)nn3CCC#N)CC2)o1. The van der Waals surface area contributed by atoms with Crippen LogP contribution < -0.4 is 5.32 Å². The summed E-state index contributed by atoms with van der Waals surface area (Å²) in [7, 11) is -3.93. The molecular formula is C20H25N5O6S. The van der Waals surface area contributed by atoms with Crippen molar-refractivity contribution in [1.82, 2.24) is 14.1 Å². The molecule has 0 aliphatic carbocycles. The molecule has 32 heavy (non-hydrogen) atoms. The van der Waals surface area contributed by atoms with E-state index < -0.39 is 16.0 Å². The molecule has 0 bridgehead atoms. The van der Waals surface area contributed by atoms with E-state index in [1.807, 2.05) is 6.07 Å². The second-order valence-corrected chi connectivity index (χ2v) is 9.18. The first kappa shape index (κ1) is 23.5. The molecule has 1 saturated heterocycles. The first-order valence-electron chi connectivity index (χ1n) is 10.3. The van der Waals surface area contributed by atoms with Crippen LogP contribution in [0, 0.1) is 24.2 Å². The van der Waals surface area contributed by atoms with E-state index in [0.29, 0.717) is 25.2 Å². The lowest BCUT2D eigenvalue weighted by molar-refractivity contribution is -0.121. The summed E-state index contributed by atoms with van der Waals surface area (Å²) >= 11 is 0. The number of nitrogens with zero attached hydrogens (tertiary/aromatic N) is 4. The van der Waals surface area contributed by atoms with Gasteiger partial charge < -0.3 is 14.5 Å². The van der Waals surface area contributed by atoms with Gasteiger partial charge in [-0.05, 0) is 38.8 Å². The van der Waals surface area contributed by atoms with E-state index in [9.17, 15) is 18.0 Å². The first-order chi connectivity index (χ1) is 15.3. The van der Waals surface area contributed by atoms with Crippen molar-refractivity contribution in [2.75, 3.05) is 25.0 Å². The molecule has 12 heteroatoms. The smallest absolute Gasteiger partial charge is 0.374 e. The second-order valence-electron chi connectivity index (χ2n) is 7.31. The van der Waals surface area contributed by atoms with Gasteiger partial charge in [0.25, 0.3) is 10.0 Å². The molecule has 0 radical (unpaired) electrons. The third kappa shape index (κ3) is 5.17. The summed E-state index contributed by atoms with van der Waals surface area (Å²) in [6, 6.07) is 6.27. The summed E-state index contributed by atoms with van der Waals surface area (Å²) in [6.07, 6.45) is 0.939. The lowest BCUT2D eigenvalue weighted by atomic mass is 9.97. The molecule has 1 aliphatic rings. The van der Waals surface area contributed by atoms with Crippen molar-refractivity contribution in [3.8, 4) is 6.07 Å². The van der Waals surface area contributed by atoms with Gasteiger partial charge in [-0.3, -0.25) is 4.79 Å². The molecule has 0 spiro atoms. The molecule has 1 fully saturated rings. The number of carbonyl (C=O) groups excluding carboxylic acids is 2. The Morgan fingerprint density at radius 2 is 2.06 bits per heavy atom. The second kappa shape index (κ2) is 9.97. The lowest BCUT2D eigenvalue weighted by Crippen LogP contribution is -2.41. The topological polar surface area (TPSA) is 148 Å². The van der Waals surface area contributed by atoms with Gasteiger partial charge in [0.2, 0.25) is 16.8 Å². The van der Waals surface area contributed by atoms with Gasteiger partial charge in [-0.15, -0.1) is 0 Å². The molecule has 1 N–H and O–H groups in total. The zero-order chi connectivity index (χ0) is 23.3. The Labute approximate surface area is 186 Å². The fourth-order valence-corrected chi connectivity index (χ4v) is 4.84. The summed E-state index contributed by atoms with van der Waals surface area (Å²) in [5.74, 6) is -0.980. The van der Waals surface area contributed by atoms with Gasteiger partial charge in [0.1, 0.15) is 5.82 Å². The van der Waals surface area contributed by atoms with Crippen molar-refractivity contribution in [2.24, 2.45) is 5.92 Å². The number of ether oxygens (including phenoxy) is 1. The zero-order valence-corrected chi connectivity index (χ0v) is 18.7. The van der Waals surface area contributed by atoms with Crippen LogP contribution in [0.2, 0.25) is 0 Å². The standard InChI is InChI=1S/C20H25N5O6S/c1-3-30-20(27)16-5-6-18(31-16)32(28,29)24-11-7-15(8-12-24)19(26)22-17-13-14(2)23-25(17)10-4-9-21/h5-6,13,15H,3-4,7-8,10-12H2,1-2H3,(H,22,26). The van der Waals surface area contributed by atoms with Crippen LogP contribution in [0.4, 0.5) is 5.82 Å². The normalized spacial score (nSPS) is 15.3. The van der Waals surface area contributed by atoms with Crippen molar-refractivity contribution < 1.29 is 27.2 Å². The number of esters is 1. The average Bonchev–Trinajstić information content (AvgIpc) is 3.40. The minimum atomic E-state index is -3.93. The number of carbonyl (C=O) groups is 2. The van der Waals surface area contributed by atoms with Crippen LogP contribution in [0.15, 0.2) is 27.7 Å². The monoisotopic (exact) mass is 463 g/mol. The predicted molar refractivity (Wildman–Crippen MR) is 112 cm³/mol. The van der Waals surface area contributed by atoms with Gasteiger partial charge in [-0.1, -0.05) is 0 Å². The van der Waals surface area contributed by atoms with Crippen LogP contribution in [0.5, 0.6) is 0 Å². The number of sulfonamides is 1. The molecule has 172 valence electrons. The Morgan fingerprint density at radius 3 is 2.72 bits per heavy atom. The van der Waals surface area contributed by atoms with Crippen LogP contribution in [0.3, 0.4) is 0 Å². The summed E-state index contributed by atoms with van der Waals surface area (Å²) in [5.41, 5.74) is 0.722. The third-order valence-corrected chi connectivity index (χ3v) is 6.84. The number of hydrogen-bond acceptors (Lipinski definition) is 8. The number of piperidine rings is 1. The molecule has 1 aliphatic heterocycles. The Hall–Kier alpha value is -3.17. The van der Waals surface area contributed by atoms with Crippen molar-refractivity contribution in [3.05, 3.63) is 29.7 Å². The van der Waals surface area contributed by atoms with Crippen molar-refractivity contribution in [3.63, 3.8) is 0 Å². The molecule has 2 aromatic heterocycles. The molecular weight excluding hydrogens is 438 g/mol. The first-order valence-corrected chi connectivity index (χ1v) is 11.7. The number of nitrogens with one attached hydrogen (secondary N) is 1. The van der Waals surface area contributed by atoms with Crippen LogP contribution in [0.25, 0.3) is 0 Å². The maximum absolute atomic E-state index is 12.8. The highest BCUT2D eigenvalue weighted by molar-refractivity contribution is 7.89. The fourth-order valence-electron chi connectivity index (χ4n) is 3.46. The zero-order valence-electron chi connectivity index (χ0n) is 17.9. The number of hydrogen-bond donors (Lipinski definition) is 1. The van der Waals surface area contributed by atoms with Crippen LogP contribution >= 0.6 is 0 Å². The van der Waals surface area contributed by atoms with Gasteiger partial charge in [0.15, 0.2) is 0 Å². The minimum absolute atomic E-state index is 0.141. The van der Waals surface area contributed by atoms with Gasteiger partial charge in [-0.2, -0.15) is 14.7 Å². The molecule has 0 atom stereocenters. The maximum atomic E-state index is 12.8. The van der Waals surface area contributed by atoms with Gasteiger partial charge in [0.05, 0.1) is 31.3 Å². The Balaban J connectivity index is 1.60. The highest BCUT2D eigenvalue weighted by atomic mass is 32.2. The molecule has 0 unspecified atom stereocenters. The summed E-state index contributed by atoms with van der Waals surface area (Å²) in [5, 5.41) is 15.5. The summed E-state index contributed by atoms with van der Waals surface area (Å²) < 4.78 is 38.5. The highest BCUT2D eigenvalue weighted by Crippen LogP contribution is 2.26. The van der Waals surface area contributed by atoms with E-state index in [-0.39, 0.29) is 48.8 Å². The van der Waals surface area contributed by atoms with Crippen molar-refractivity contribution in [2.45, 2.75) is 44.7 Å². The van der Waals surface area contributed by atoms with Gasteiger partial charge in [-0.25, -0.2) is 17.9 Å². The Morgan fingerprint density at radius 1 is 1.34 bits per heavy atom. The van der Waals surface area contributed by atoms with E-state index in [0.717, 1.165) is 5.69 Å². The lowest BCUT2D eigenvalue weighted by Gasteiger charge is -2.29. The Kier molecular flexibility index (Phi) is 7.32. The van der Waals surface area contributed by atoms with Crippen LogP contribution in [-0.2, 0) is 26.1 Å². The van der Waals surface area contributed by atoms with E-state index >= 15 is 0 Å².